The molecular formula is C10H18N2. The van der Waals surface area contributed by atoms with Gasteiger partial charge in [-0.25, -0.2) is 0 Å². The average Bonchev–Trinajstić information content (AvgIpc) is 2.88. The summed E-state index contributed by atoms with van der Waals surface area (Å²) >= 11 is 0. The van der Waals surface area contributed by atoms with Gasteiger partial charge in [0.1, 0.15) is 0 Å². The monoisotopic (exact) mass is 166 g/mol. The Kier molecular flexibility index (Phi) is 3.55. The lowest BCUT2D eigenvalue weighted by Crippen LogP contribution is -2.34. The number of rotatable bonds is 5. The number of hydrogen-bond donors (Lipinski definition) is 0. The van der Waals surface area contributed by atoms with Crippen molar-refractivity contribution < 1.29 is 0 Å². The van der Waals surface area contributed by atoms with E-state index in [4.69, 9.17) is 5.26 Å². The van der Waals surface area contributed by atoms with Gasteiger partial charge in [-0.2, -0.15) is 5.26 Å². The molecule has 1 saturated carbocycles. The molecule has 0 spiro atoms. The third-order valence-electron chi connectivity index (χ3n) is 2.47. The van der Waals surface area contributed by atoms with Crippen LogP contribution in [-0.4, -0.2) is 23.5 Å². The van der Waals surface area contributed by atoms with Crippen molar-refractivity contribution >= 4 is 0 Å². The summed E-state index contributed by atoms with van der Waals surface area (Å²) in [6.07, 6.45) is 5.05. The summed E-state index contributed by atoms with van der Waals surface area (Å²) in [4.78, 5) is 2.35. The molecule has 0 aromatic heterocycles. The second-order valence-electron chi connectivity index (χ2n) is 3.63. The minimum absolute atomic E-state index is 0.115. The van der Waals surface area contributed by atoms with E-state index in [9.17, 15) is 0 Å². The van der Waals surface area contributed by atoms with Crippen molar-refractivity contribution in [2.75, 3.05) is 6.54 Å². The van der Waals surface area contributed by atoms with Crippen LogP contribution in [0.5, 0.6) is 0 Å². The van der Waals surface area contributed by atoms with Gasteiger partial charge in [0.15, 0.2) is 0 Å². The highest BCUT2D eigenvalue weighted by Crippen LogP contribution is 2.28. The lowest BCUT2D eigenvalue weighted by atomic mass is 10.2. The first-order chi connectivity index (χ1) is 5.79. The molecule has 0 N–H and O–H groups in total. The second kappa shape index (κ2) is 4.47. The summed E-state index contributed by atoms with van der Waals surface area (Å²) < 4.78 is 0. The quantitative estimate of drug-likeness (QED) is 0.626. The zero-order chi connectivity index (χ0) is 8.97. The fourth-order valence-electron chi connectivity index (χ4n) is 1.51. The molecule has 0 bridgehead atoms. The van der Waals surface area contributed by atoms with Crippen molar-refractivity contribution in [1.82, 2.24) is 4.90 Å². The van der Waals surface area contributed by atoms with Gasteiger partial charge in [-0.1, -0.05) is 13.3 Å². The van der Waals surface area contributed by atoms with E-state index < -0.39 is 0 Å². The standard InChI is InChI=1S/C10H18N2/c1-3-4-7-12(9(2)8-11)10-5-6-10/h9-10H,3-7H2,1-2H3. The van der Waals surface area contributed by atoms with Gasteiger partial charge in [0, 0.05) is 6.04 Å². The van der Waals surface area contributed by atoms with Gasteiger partial charge in [-0.05, 0) is 32.7 Å². The molecule has 1 atom stereocenters. The Labute approximate surface area is 75.2 Å². The molecule has 68 valence electrons. The van der Waals surface area contributed by atoms with Gasteiger partial charge in [-0.15, -0.1) is 0 Å². The average molecular weight is 166 g/mol. The lowest BCUT2D eigenvalue weighted by Gasteiger charge is -2.23. The first kappa shape index (κ1) is 9.54. The van der Waals surface area contributed by atoms with E-state index in [0.717, 1.165) is 12.6 Å². The van der Waals surface area contributed by atoms with E-state index >= 15 is 0 Å². The van der Waals surface area contributed by atoms with Crippen LogP contribution in [0, 0.1) is 11.3 Å². The van der Waals surface area contributed by atoms with E-state index in [0.29, 0.717) is 0 Å². The molecule has 0 saturated heterocycles. The van der Waals surface area contributed by atoms with Crippen LogP contribution in [0.2, 0.25) is 0 Å². The number of nitriles is 1. The topological polar surface area (TPSA) is 27.0 Å². The Balaban J connectivity index is 2.33. The van der Waals surface area contributed by atoms with Gasteiger partial charge in [-0.3, -0.25) is 4.90 Å². The van der Waals surface area contributed by atoms with Crippen LogP contribution in [0.1, 0.15) is 39.5 Å². The molecule has 1 aliphatic rings. The fraction of sp³-hybridized carbons (Fsp3) is 0.900. The Morgan fingerprint density at radius 2 is 2.25 bits per heavy atom. The Morgan fingerprint density at radius 3 is 2.67 bits per heavy atom. The number of unbranched alkanes of at least 4 members (excludes halogenated alkanes) is 1. The van der Waals surface area contributed by atoms with Gasteiger partial charge < -0.3 is 0 Å². The summed E-state index contributed by atoms with van der Waals surface area (Å²) in [5.41, 5.74) is 0. The van der Waals surface area contributed by atoms with Crippen molar-refractivity contribution in [3.8, 4) is 6.07 Å². The van der Waals surface area contributed by atoms with E-state index in [1.807, 2.05) is 6.92 Å². The Morgan fingerprint density at radius 1 is 1.58 bits per heavy atom. The summed E-state index contributed by atoms with van der Waals surface area (Å²) in [6.45, 7) is 5.31. The van der Waals surface area contributed by atoms with Crippen molar-refractivity contribution in [3.05, 3.63) is 0 Å². The highest BCUT2D eigenvalue weighted by atomic mass is 15.2. The molecule has 0 amide bonds. The van der Waals surface area contributed by atoms with Gasteiger partial charge in [0.25, 0.3) is 0 Å². The number of hydrogen-bond acceptors (Lipinski definition) is 2. The molecular weight excluding hydrogens is 148 g/mol. The summed E-state index contributed by atoms with van der Waals surface area (Å²) in [7, 11) is 0. The van der Waals surface area contributed by atoms with Crippen LogP contribution < -0.4 is 0 Å². The SMILES string of the molecule is CCCCN(C(C)C#N)C1CC1. The minimum Gasteiger partial charge on any atom is -0.285 e. The van der Waals surface area contributed by atoms with Crippen molar-refractivity contribution in [2.45, 2.75) is 51.6 Å². The molecule has 0 aliphatic heterocycles. The summed E-state index contributed by atoms with van der Waals surface area (Å²) in [6, 6.07) is 3.16. The van der Waals surface area contributed by atoms with Crippen LogP contribution >= 0.6 is 0 Å². The lowest BCUT2D eigenvalue weighted by molar-refractivity contribution is 0.231. The maximum Gasteiger partial charge on any atom is 0.0951 e. The minimum atomic E-state index is 0.115. The zero-order valence-corrected chi connectivity index (χ0v) is 8.08. The maximum absolute atomic E-state index is 8.79. The highest BCUT2D eigenvalue weighted by molar-refractivity contribution is 4.95. The smallest absolute Gasteiger partial charge is 0.0951 e. The van der Waals surface area contributed by atoms with Crippen LogP contribution in [0.15, 0.2) is 0 Å². The Hall–Kier alpha value is -0.550. The normalized spacial score (nSPS) is 19.2. The molecule has 2 nitrogen and oxygen atoms in total. The van der Waals surface area contributed by atoms with Gasteiger partial charge in [0.2, 0.25) is 0 Å². The molecule has 1 fully saturated rings. The Bertz CT molecular complexity index is 167. The fourth-order valence-corrected chi connectivity index (χ4v) is 1.51. The first-order valence-corrected chi connectivity index (χ1v) is 4.95. The van der Waals surface area contributed by atoms with Gasteiger partial charge >= 0.3 is 0 Å². The first-order valence-electron chi connectivity index (χ1n) is 4.95. The third kappa shape index (κ3) is 2.49. The third-order valence-corrected chi connectivity index (χ3v) is 2.47. The van der Waals surface area contributed by atoms with Crippen LogP contribution in [-0.2, 0) is 0 Å². The molecule has 1 aliphatic carbocycles. The molecule has 12 heavy (non-hydrogen) atoms. The van der Waals surface area contributed by atoms with E-state index in [1.54, 1.807) is 0 Å². The molecule has 0 aromatic rings. The van der Waals surface area contributed by atoms with Crippen LogP contribution in [0.25, 0.3) is 0 Å². The van der Waals surface area contributed by atoms with Crippen molar-refractivity contribution in [1.29, 1.82) is 5.26 Å². The van der Waals surface area contributed by atoms with E-state index in [1.165, 1.54) is 25.7 Å². The molecule has 0 heterocycles. The van der Waals surface area contributed by atoms with E-state index in [-0.39, 0.29) is 6.04 Å². The van der Waals surface area contributed by atoms with Crippen molar-refractivity contribution in [2.24, 2.45) is 0 Å². The number of nitrogens with zero attached hydrogens (tertiary/aromatic N) is 2. The van der Waals surface area contributed by atoms with Gasteiger partial charge in [0.05, 0.1) is 12.1 Å². The molecule has 0 radical (unpaired) electrons. The molecule has 0 aromatic carbocycles. The predicted octanol–water partition coefficient (Wildman–Crippen LogP) is 2.16. The highest BCUT2D eigenvalue weighted by Gasteiger charge is 2.31. The van der Waals surface area contributed by atoms with Crippen LogP contribution in [0.4, 0.5) is 0 Å². The zero-order valence-electron chi connectivity index (χ0n) is 8.08. The molecule has 2 heteroatoms. The van der Waals surface area contributed by atoms with Crippen LogP contribution in [0.3, 0.4) is 0 Å². The molecule has 1 rings (SSSR count). The van der Waals surface area contributed by atoms with Crippen molar-refractivity contribution in [3.63, 3.8) is 0 Å². The summed E-state index contributed by atoms with van der Waals surface area (Å²) in [5, 5.41) is 8.79. The summed E-state index contributed by atoms with van der Waals surface area (Å²) in [5.74, 6) is 0. The predicted molar refractivity (Wildman–Crippen MR) is 49.7 cm³/mol. The second-order valence-corrected chi connectivity index (χ2v) is 3.63. The molecule has 1 unspecified atom stereocenters. The van der Waals surface area contributed by atoms with E-state index in [2.05, 4.69) is 17.9 Å². The maximum atomic E-state index is 8.79. The largest absolute Gasteiger partial charge is 0.285 e.